The van der Waals surface area contributed by atoms with Crippen molar-refractivity contribution >= 4 is 11.3 Å². The Morgan fingerprint density at radius 1 is 1.50 bits per heavy atom. The molecule has 2 aromatic rings. The molecule has 0 spiro atoms. The van der Waals surface area contributed by atoms with Crippen molar-refractivity contribution < 1.29 is 0 Å². The fourth-order valence-corrected chi connectivity index (χ4v) is 2.40. The predicted octanol–water partition coefficient (Wildman–Crippen LogP) is 1.76. The summed E-state index contributed by atoms with van der Waals surface area (Å²) in [7, 11) is 0. The fourth-order valence-electron chi connectivity index (χ4n) is 1.67. The molecule has 3 heterocycles. The topological polar surface area (TPSA) is 29.9 Å². The maximum atomic E-state index is 4.41. The van der Waals surface area contributed by atoms with Crippen molar-refractivity contribution in [2.45, 2.75) is 6.04 Å². The lowest BCUT2D eigenvalue weighted by Gasteiger charge is -2.29. The molecule has 14 heavy (non-hydrogen) atoms. The standard InChI is InChI=1S/C10H11N3S/c1-2-9(14-5-1)10-12-3-4-13(10)8-6-11-7-8/h1-5,8,11H,6-7H2. The van der Waals surface area contributed by atoms with E-state index in [9.17, 15) is 0 Å². The van der Waals surface area contributed by atoms with Crippen molar-refractivity contribution in [3.05, 3.63) is 29.9 Å². The van der Waals surface area contributed by atoms with Crippen LogP contribution in [0.2, 0.25) is 0 Å². The zero-order chi connectivity index (χ0) is 9.38. The minimum absolute atomic E-state index is 0.592. The van der Waals surface area contributed by atoms with E-state index in [0.29, 0.717) is 6.04 Å². The Balaban J connectivity index is 2.01. The van der Waals surface area contributed by atoms with E-state index >= 15 is 0 Å². The van der Waals surface area contributed by atoms with Gasteiger partial charge in [-0.25, -0.2) is 4.98 Å². The highest BCUT2D eigenvalue weighted by Gasteiger charge is 2.21. The Morgan fingerprint density at radius 2 is 2.43 bits per heavy atom. The molecule has 0 saturated carbocycles. The van der Waals surface area contributed by atoms with E-state index in [1.165, 1.54) is 4.88 Å². The van der Waals surface area contributed by atoms with Gasteiger partial charge in [0.2, 0.25) is 0 Å². The highest BCUT2D eigenvalue weighted by molar-refractivity contribution is 7.13. The third kappa shape index (κ3) is 1.19. The first kappa shape index (κ1) is 8.20. The zero-order valence-corrected chi connectivity index (χ0v) is 8.50. The maximum absolute atomic E-state index is 4.41. The fraction of sp³-hybridized carbons (Fsp3) is 0.300. The highest BCUT2D eigenvalue weighted by Crippen LogP contribution is 2.26. The summed E-state index contributed by atoms with van der Waals surface area (Å²) < 4.78 is 2.27. The number of hydrogen-bond donors (Lipinski definition) is 1. The van der Waals surface area contributed by atoms with Crippen LogP contribution in [0.15, 0.2) is 29.9 Å². The number of imidazole rings is 1. The molecule has 0 aromatic carbocycles. The number of nitrogens with one attached hydrogen (secondary N) is 1. The van der Waals surface area contributed by atoms with Crippen LogP contribution in [-0.4, -0.2) is 22.6 Å². The van der Waals surface area contributed by atoms with Crippen molar-refractivity contribution in [1.29, 1.82) is 0 Å². The van der Waals surface area contributed by atoms with Gasteiger partial charge in [-0.2, -0.15) is 0 Å². The Bertz CT molecular complexity index is 414. The van der Waals surface area contributed by atoms with Gasteiger partial charge in [0.05, 0.1) is 10.9 Å². The summed E-state index contributed by atoms with van der Waals surface area (Å²) in [5, 5.41) is 5.37. The number of hydrogen-bond acceptors (Lipinski definition) is 3. The van der Waals surface area contributed by atoms with Crippen molar-refractivity contribution in [2.24, 2.45) is 0 Å². The third-order valence-electron chi connectivity index (χ3n) is 2.56. The number of rotatable bonds is 2. The lowest BCUT2D eigenvalue weighted by atomic mass is 10.2. The van der Waals surface area contributed by atoms with Crippen molar-refractivity contribution in [3.8, 4) is 10.7 Å². The van der Waals surface area contributed by atoms with Crippen molar-refractivity contribution in [1.82, 2.24) is 14.9 Å². The Kier molecular flexibility index (Phi) is 1.89. The third-order valence-corrected chi connectivity index (χ3v) is 3.43. The van der Waals surface area contributed by atoms with Crippen LogP contribution in [0, 0.1) is 0 Å². The van der Waals surface area contributed by atoms with Crippen LogP contribution in [0.1, 0.15) is 6.04 Å². The molecule has 0 radical (unpaired) electrons. The molecule has 0 amide bonds. The van der Waals surface area contributed by atoms with E-state index in [1.807, 2.05) is 6.20 Å². The van der Waals surface area contributed by atoms with Crippen molar-refractivity contribution in [2.75, 3.05) is 13.1 Å². The van der Waals surface area contributed by atoms with Crippen LogP contribution in [0.4, 0.5) is 0 Å². The smallest absolute Gasteiger partial charge is 0.150 e. The van der Waals surface area contributed by atoms with Gasteiger partial charge in [-0.3, -0.25) is 0 Å². The van der Waals surface area contributed by atoms with E-state index in [0.717, 1.165) is 18.9 Å². The van der Waals surface area contributed by atoms with Gasteiger partial charge in [0.15, 0.2) is 0 Å². The molecule has 4 heteroatoms. The molecule has 2 aromatic heterocycles. The van der Waals surface area contributed by atoms with Gasteiger partial charge in [-0.1, -0.05) is 6.07 Å². The minimum atomic E-state index is 0.592. The first-order chi connectivity index (χ1) is 6.95. The molecule has 1 aliphatic heterocycles. The summed E-state index contributed by atoms with van der Waals surface area (Å²) in [6.07, 6.45) is 3.95. The average Bonchev–Trinajstić information content (AvgIpc) is 2.66. The Hall–Kier alpha value is -1.13. The largest absolute Gasteiger partial charge is 0.325 e. The monoisotopic (exact) mass is 205 g/mol. The van der Waals surface area contributed by atoms with Gasteiger partial charge < -0.3 is 9.88 Å². The van der Waals surface area contributed by atoms with E-state index < -0.39 is 0 Å². The van der Waals surface area contributed by atoms with Crippen LogP contribution >= 0.6 is 11.3 Å². The molecule has 1 saturated heterocycles. The molecular formula is C10H11N3S. The molecule has 0 bridgehead atoms. The SMILES string of the molecule is c1csc(-c2nccn2C2CNC2)c1. The van der Waals surface area contributed by atoms with Crippen LogP contribution in [0.5, 0.6) is 0 Å². The van der Waals surface area contributed by atoms with Gasteiger partial charge in [-0.15, -0.1) is 11.3 Å². The van der Waals surface area contributed by atoms with Crippen LogP contribution in [0.25, 0.3) is 10.7 Å². The summed E-state index contributed by atoms with van der Waals surface area (Å²) in [5.74, 6) is 1.10. The number of aromatic nitrogens is 2. The maximum Gasteiger partial charge on any atom is 0.150 e. The lowest BCUT2D eigenvalue weighted by Crippen LogP contribution is -2.43. The van der Waals surface area contributed by atoms with Crippen LogP contribution in [0.3, 0.4) is 0 Å². The number of thiophene rings is 1. The molecule has 3 nitrogen and oxygen atoms in total. The molecular weight excluding hydrogens is 194 g/mol. The normalized spacial score (nSPS) is 16.9. The van der Waals surface area contributed by atoms with Gasteiger partial charge in [0.1, 0.15) is 5.82 Å². The van der Waals surface area contributed by atoms with E-state index in [-0.39, 0.29) is 0 Å². The molecule has 0 unspecified atom stereocenters. The summed E-state index contributed by atoms with van der Waals surface area (Å²) in [4.78, 5) is 5.66. The second-order valence-electron chi connectivity index (χ2n) is 3.45. The summed E-state index contributed by atoms with van der Waals surface area (Å²) in [5.41, 5.74) is 0. The predicted molar refractivity (Wildman–Crippen MR) is 57.4 cm³/mol. The quantitative estimate of drug-likeness (QED) is 0.809. The minimum Gasteiger partial charge on any atom is -0.325 e. The molecule has 72 valence electrons. The van der Waals surface area contributed by atoms with E-state index in [1.54, 1.807) is 11.3 Å². The van der Waals surface area contributed by atoms with E-state index in [4.69, 9.17) is 0 Å². The second-order valence-corrected chi connectivity index (χ2v) is 4.40. The molecule has 0 aliphatic carbocycles. The van der Waals surface area contributed by atoms with E-state index in [2.05, 4.69) is 38.6 Å². The van der Waals surface area contributed by atoms with Gasteiger partial charge in [-0.05, 0) is 11.4 Å². The van der Waals surface area contributed by atoms with Crippen molar-refractivity contribution in [3.63, 3.8) is 0 Å². The zero-order valence-electron chi connectivity index (χ0n) is 7.68. The molecule has 0 atom stereocenters. The molecule has 1 aliphatic rings. The Morgan fingerprint density at radius 3 is 3.07 bits per heavy atom. The van der Waals surface area contributed by atoms with Crippen LogP contribution in [-0.2, 0) is 0 Å². The average molecular weight is 205 g/mol. The molecule has 3 rings (SSSR count). The molecule has 1 N–H and O–H groups in total. The first-order valence-electron chi connectivity index (χ1n) is 4.72. The second kappa shape index (κ2) is 3.22. The van der Waals surface area contributed by atoms with Gasteiger partial charge >= 0.3 is 0 Å². The number of nitrogens with zero attached hydrogens (tertiary/aromatic N) is 2. The Labute approximate surface area is 86.4 Å². The first-order valence-corrected chi connectivity index (χ1v) is 5.60. The van der Waals surface area contributed by atoms with Crippen LogP contribution < -0.4 is 5.32 Å². The van der Waals surface area contributed by atoms with Gasteiger partial charge in [0.25, 0.3) is 0 Å². The molecule has 1 fully saturated rings. The summed E-state index contributed by atoms with van der Waals surface area (Å²) >= 11 is 1.74. The van der Waals surface area contributed by atoms with Gasteiger partial charge in [0, 0.05) is 25.5 Å². The summed E-state index contributed by atoms with van der Waals surface area (Å²) in [6.45, 7) is 2.13. The lowest BCUT2D eigenvalue weighted by molar-refractivity contribution is 0.346. The summed E-state index contributed by atoms with van der Waals surface area (Å²) in [6, 6.07) is 4.78. The highest BCUT2D eigenvalue weighted by atomic mass is 32.1.